The fourth-order valence-corrected chi connectivity index (χ4v) is 4.65. The topological polar surface area (TPSA) is 106 Å². The van der Waals surface area contributed by atoms with Crippen LogP contribution in [0, 0.1) is 13.8 Å². The number of carbonyl (C=O) groups is 2. The third-order valence-electron chi connectivity index (χ3n) is 6.65. The second kappa shape index (κ2) is 10.9. The highest BCUT2D eigenvalue weighted by molar-refractivity contribution is 6.46. The molecule has 1 aliphatic rings. The van der Waals surface area contributed by atoms with Crippen LogP contribution in [0.15, 0.2) is 60.2 Å². The van der Waals surface area contributed by atoms with Gasteiger partial charge in [-0.05, 0) is 61.7 Å². The second-order valence-electron chi connectivity index (χ2n) is 9.08. The van der Waals surface area contributed by atoms with E-state index in [0.29, 0.717) is 17.9 Å². The van der Waals surface area contributed by atoms with Gasteiger partial charge in [0.2, 0.25) is 0 Å². The van der Waals surface area contributed by atoms with Crippen LogP contribution < -0.4 is 14.2 Å². The Balaban J connectivity index is 1.94. The summed E-state index contributed by atoms with van der Waals surface area (Å²) in [5.41, 5.74) is 3.52. The van der Waals surface area contributed by atoms with Crippen molar-refractivity contribution in [3.8, 4) is 23.0 Å². The minimum absolute atomic E-state index is 0.0705. The Morgan fingerprint density at radius 3 is 2.39 bits per heavy atom. The van der Waals surface area contributed by atoms with Gasteiger partial charge in [0.1, 0.15) is 17.3 Å². The van der Waals surface area contributed by atoms with Crippen molar-refractivity contribution in [2.45, 2.75) is 33.4 Å². The monoisotopic (exact) mass is 517 g/mol. The Bertz CT molecular complexity index is 1430. The smallest absolute Gasteiger partial charge is 0.295 e. The largest absolute Gasteiger partial charge is 0.507 e. The average Bonchev–Trinajstić information content (AvgIpc) is 3.16. The molecule has 2 N–H and O–H groups in total. The van der Waals surface area contributed by atoms with Gasteiger partial charge in [-0.3, -0.25) is 9.59 Å². The molecule has 3 aromatic rings. The quantitative estimate of drug-likeness (QED) is 0.245. The Morgan fingerprint density at radius 2 is 1.71 bits per heavy atom. The van der Waals surface area contributed by atoms with Crippen LogP contribution in [-0.2, 0) is 16.1 Å². The molecule has 0 spiro atoms. The number of carbonyl (C=O) groups excluding carboxylic acids is 2. The van der Waals surface area contributed by atoms with Crippen LogP contribution >= 0.6 is 0 Å². The van der Waals surface area contributed by atoms with Crippen LogP contribution in [0.4, 0.5) is 0 Å². The fraction of sp³-hybridized carbons (Fsp3) is 0.267. The first kappa shape index (κ1) is 26.6. The zero-order valence-corrected chi connectivity index (χ0v) is 22.1. The summed E-state index contributed by atoms with van der Waals surface area (Å²) in [5.74, 6) is -1.00. The molecule has 0 bridgehead atoms. The lowest BCUT2D eigenvalue weighted by molar-refractivity contribution is -0.140. The normalized spacial score (nSPS) is 16.6. The maximum atomic E-state index is 13.5. The number of aliphatic hydroxyl groups is 1. The summed E-state index contributed by atoms with van der Waals surface area (Å²) >= 11 is 0. The molecule has 0 aliphatic carbocycles. The number of likely N-dealkylation sites (tertiary alicyclic amines) is 1. The van der Waals surface area contributed by atoms with E-state index < -0.39 is 17.7 Å². The third kappa shape index (κ3) is 4.89. The summed E-state index contributed by atoms with van der Waals surface area (Å²) in [6.07, 6.45) is 0. The number of nitrogens with zero attached hydrogens (tertiary/aromatic N) is 1. The molecular weight excluding hydrogens is 486 g/mol. The molecule has 1 heterocycles. The molecule has 8 nitrogen and oxygen atoms in total. The number of Topliss-reactive ketones (excluding diaryl/α,β-unsaturated/α-hetero) is 1. The van der Waals surface area contributed by atoms with E-state index in [-0.39, 0.29) is 40.7 Å². The van der Waals surface area contributed by atoms with Gasteiger partial charge in [0.05, 0.1) is 38.0 Å². The molecule has 0 aromatic heterocycles. The number of rotatable bonds is 8. The van der Waals surface area contributed by atoms with Gasteiger partial charge in [-0.25, -0.2) is 0 Å². The summed E-state index contributed by atoms with van der Waals surface area (Å²) in [7, 11) is 2.95. The van der Waals surface area contributed by atoms with Crippen molar-refractivity contribution < 1.29 is 34.0 Å². The van der Waals surface area contributed by atoms with Crippen LogP contribution in [0.1, 0.15) is 40.8 Å². The van der Waals surface area contributed by atoms with E-state index in [1.165, 1.54) is 25.2 Å². The van der Waals surface area contributed by atoms with Gasteiger partial charge in [0, 0.05) is 12.6 Å². The van der Waals surface area contributed by atoms with Crippen molar-refractivity contribution >= 4 is 17.4 Å². The Labute approximate surface area is 221 Å². The first-order chi connectivity index (χ1) is 18.2. The predicted molar refractivity (Wildman–Crippen MR) is 143 cm³/mol. The number of hydrogen-bond acceptors (Lipinski definition) is 7. The number of amides is 1. The number of phenols is 1. The van der Waals surface area contributed by atoms with Crippen molar-refractivity contribution in [3.63, 3.8) is 0 Å². The molecule has 1 aliphatic heterocycles. The zero-order chi connectivity index (χ0) is 27.6. The minimum atomic E-state index is -0.943. The lowest BCUT2D eigenvalue weighted by Gasteiger charge is -2.27. The van der Waals surface area contributed by atoms with E-state index in [1.807, 2.05) is 32.0 Å². The highest BCUT2D eigenvalue weighted by Gasteiger charge is 2.46. The SMILES string of the molecule is CCOc1cc(C2/C(=C(\O)c3ccc(OC)cc3OC)C(=O)C(=O)N2Cc2cc(C)ccc2C)ccc1O. The highest BCUT2D eigenvalue weighted by atomic mass is 16.5. The zero-order valence-electron chi connectivity index (χ0n) is 22.1. The Morgan fingerprint density at radius 1 is 0.947 bits per heavy atom. The molecule has 1 fully saturated rings. The Kier molecular flexibility index (Phi) is 7.62. The molecule has 0 radical (unpaired) electrons. The van der Waals surface area contributed by atoms with Gasteiger partial charge < -0.3 is 29.3 Å². The molecule has 38 heavy (non-hydrogen) atoms. The molecule has 1 atom stereocenters. The molecule has 3 aromatic carbocycles. The first-order valence-electron chi connectivity index (χ1n) is 12.2. The van der Waals surface area contributed by atoms with E-state index in [0.717, 1.165) is 16.7 Å². The number of ketones is 1. The Hall–Kier alpha value is -4.46. The summed E-state index contributed by atoms with van der Waals surface area (Å²) < 4.78 is 16.3. The fourth-order valence-electron chi connectivity index (χ4n) is 4.65. The summed E-state index contributed by atoms with van der Waals surface area (Å²) in [6.45, 7) is 6.14. The van der Waals surface area contributed by atoms with Crippen LogP contribution in [0.3, 0.4) is 0 Å². The molecule has 1 saturated heterocycles. The average molecular weight is 518 g/mol. The number of hydrogen-bond donors (Lipinski definition) is 2. The minimum Gasteiger partial charge on any atom is -0.507 e. The van der Waals surface area contributed by atoms with Crippen LogP contribution in [0.2, 0.25) is 0 Å². The molecule has 1 amide bonds. The lowest BCUT2D eigenvalue weighted by atomic mass is 9.94. The van der Waals surface area contributed by atoms with Gasteiger partial charge in [-0.2, -0.15) is 0 Å². The number of phenolic OH excluding ortho intramolecular Hbond substituents is 1. The number of ether oxygens (including phenoxy) is 3. The maximum Gasteiger partial charge on any atom is 0.295 e. The number of benzene rings is 3. The maximum absolute atomic E-state index is 13.5. The van der Waals surface area contributed by atoms with Gasteiger partial charge >= 0.3 is 0 Å². The number of methoxy groups -OCH3 is 2. The summed E-state index contributed by atoms with van der Waals surface area (Å²) in [6, 6.07) is 14.4. The van der Waals surface area contributed by atoms with Gasteiger partial charge in [-0.1, -0.05) is 29.8 Å². The van der Waals surface area contributed by atoms with E-state index in [9.17, 15) is 19.8 Å². The van der Waals surface area contributed by atoms with Crippen molar-refractivity contribution in [2.24, 2.45) is 0 Å². The van der Waals surface area contributed by atoms with Gasteiger partial charge in [-0.15, -0.1) is 0 Å². The standard InChI is InChI=1S/C30H31NO7/c1-6-38-25-14-19(9-12-23(25)32)27-26(28(33)22-11-10-21(36-4)15-24(22)37-5)29(34)30(35)31(27)16-20-13-17(2)7-8-18(20)3/h7-15,27,32-33H,6,16H2,1-5H3/b28-26+. The highest BCUT2D eigenvalue weighted by Crippen LogP contribution is 2.44. The molecule has 1 unspecified atom stereocenters. The number of aliphatic hydroxyl groups excluding tert-OH is 1. The van der Waals surface area contributed by atoms with Crippen LogP contribution in [0.25, 0.3) is 5.76 Å². The summed E-state index contributed by atoms with van der Waals surface area (Å²) in [4.78, 5) is 28.4. The molecular formula is C30H31NO7. The number of aromatic hydroxyl groups is 1. The van der Waals surface area contributed by atoms with E-state index >= 15 is 0 Å². The van der Waals surface area contributed by atoms with Crippen molar-refractivity contribution in [1.29, 1.82) is 0 Å². The van der Waals surface area contributed by atoms with E-state index in [2.05, 4.69) is 0 Å². The van der Waals surface area contributed by atoms with Crippen molar-refractivity contribution in [1.82, 2.24) is 4.90 Å². The van der Waals surface area contributed by atoms with Gasteiger partial charge in [0.15, 0.2) is 11.5 Å². The molecule has 198 valence electrons. The van der Waals surface area contributed by atoms with Crippen molar-refractivity contribution in [2.75, 3.05) is 20.8 Å². The van der Waals surface area contributed by atoms with Crippen molar-refractivity contribution in [3.05, 3.63) is 88.0 Å². The van der Waals surface area contributed by atoms with E-state index in [4.69, 9.17) is 14.2 Å². The lowest BCUT2D eigenvalue weighted by Crippen LogP contribution is -2.29. The molecule has 0 saturated carbocycles. The predicted octanol–water partition coefficient (Wildman–Crippen LogP) is 5.05. The summed E-state index contributed by atoms with van der Waals surface area (Å²) in [5, 5.41) is 21.8. The third-order valence-corrected chi connectivity index (χ3v) is 6.65. The second-order valence-corrected chi connectivity index (χ2v) is 9.08. The molecule has 8 heteroatoms. The molecule has 4 rings (SSSR count). The van der Waals surface area contributed by atoms with Crippen LogP contribution in [-0.4, -0.2) is 47.6 Å². The van der Waals surface area contributed by atoms with Gasteiger partial charge in [0.25, 0.3) is 11.7 Å². The van der Waals surface area contributed by atoms with Crippen LogP contribution in [0.5, 0.6) is 23.0 Å². The van der Waals surface area contributed by atoms with E-state index in [1.54, 1.807) is 37.3 Å². The number of aryl methyl sites for hydroxylation is 2. The first-order valence-corrected chi connectivity index (χ1v) is 12.2.